The lowest BCUT2D eigenvalue weighted by Crippen LogP contribution is -2.00. The Morgan fingerprint density at radius 3 is 1.62 bits per heavy atom. The van der Waals surface area contributed by atoms with Gasteiger partial charge in [-0.05, 0) is 76.5 Å². The van der Waals surface area contributed by atoms with E-state index in [9.17, 15) is 0 Å². The quantitative estimate of drug-likeness (QED) is 0.171. The zero-order valence-electron chi connectivity index (χ0n) is 30.0. The molecule has 0 unspecified atom stereocenters. The van der Waals surface area contributed by atoms with Crippen LogP contribution in [-0.2, 0) is 0 Å². The number of aromatic nitrogens is 5. The van der Waals surface area contributed by atoms with Crippen LogP contribution in [0, 0.1) is 0 Å². The summed E-state index contributed by atoms with van der Waals surface area (Å²) >= 11 is 1.74. The monoisotopic (exact) mass is 733 g/mol. The summed E-state index contributed by atoms with van der Waals surface area (Å²) in [6.07, 6.45) is 0. The highest BCUT2D eigenvalue weighted by atomic mass is 32.1. The molecule has 0 N–H and O–H groups in total. The number of fused-ring (bicyclic) bond motifs is 5. The van der Waals surface area contributed by atoms with Gasteiger partial charge in [0.25, 0.3) is 0 Å². The van der Waals surface area contributed by atoms with Crippen molar-refractivity contribution >= 4 is 54.1 Å². The van der Waals surface area contributed by atoms with E-state index in [0.717, 1.165) is 60.4 Å². The second-order valence-corrected chi connectivity index (χ2v) is 14.9. The van der Waals surface area contributed by atoms with E-state index in [1.54, 1.807) is 11.3 Å². The number of rotatable bonds is 6. The predicted octanol–water partition coefficient (Wildman–Crippen LogP) is 13.1. The van der Waals surface area contributed by atoms with Crippen LogP contribution in [0.4, 0.5) is 0 Å². The van der Waals surface area contributed by atoms with Gasteiger partial charge in [0.15, 0.2) is 17.5 Å². The lowest BCUT2D eigenvalue weighted by molar-refractivity contribution is 1.08. The Labute approximate surface area is 326 Å². The second kappa shape index (κ2) is 13.2. The van der Waals surface area contributed by atoms with Gasteiger partial charge in [-0.1, -0.05) is 133 Å². The van der Waals surface area contributed by atoms with Gasteiger partial charge in [0.05, 0.1) is 21.3 Å². The topological polar surface area (TPSA) is 56.5 Å². The molecule has 0 saturated carbocycles. The molecule has 56 heavy (non-hydrogen) atoms. The van der Waals surface area contributed by atoms with E-state index in [1.165, 1.54) is 26.5 Å². The van der Waals surface area contributed by atoms with Crippen LogP contribution in [0.1, 0.15) is 0 Å². The molecule has 11 rings (SSSR count). The fourth-order valence-electron chi connectivity index (χ4n) is 7.84. The van der Waals surface area contributed by atoms with Crippen LogP contribution in [0.3, 0.4) is 0 Å². The van der Waals surface area contributed by atoms with Gasteiger partial charge >= 0.3 is 0 Å². The van der Waals surface area contributed by atoms with Gasteiger partial charge < -0.3 is 4.57 Å². The maximum Gasteiger partial charge on any atom is 0.164 e. The van der Waals surface area contributed by atoms with Gasteiger partial charge in [0, 0.05) is 38.7 Å². The Morgan fingerprint density at radius 2 is 0.911 bits per heavy atom. The Morgan fingerprint density at radius 1 is 0.357 bits per heavy atom. The fourth-order valence-corrected chi connectivity index (χ4v) is 8.81. The van der Waals surface area contributed by atoms with Crippen molar-refractivity contribution in [2.75, 3.05) is 0 Å². The first-order chi connectivity index (χ1) is 27.7. The molecule has 0 spiro atoms. The average molecular weight is 734 g/mol. The first kappa shape index (κ1) is 32.2. The van der Waals surface area contributed by atoms with Gasteiger partial charge in [-0.2, -0.15) is 0 Å². The van der Waals surface area contributed by atoms with Crippen molar-refractivity contribution in [3.8, 4) is 61.5 Å². The number of para-hydroxylation sites is 2. The van der Waals surface area contributed by atoms with E-state index in [2.05, 4.69) is 126 Å². The molecule has 0 saturated heterocycles. The van der Waals surface area contributed by atoms with E-state index < -0.39 is 0 Å². The van der Waals surface area contributed by atoms with Gasteiger partial charge in [0.1, 0.15) is 5.01 Å². The van der Waals surface area contributed by atoms with Gasteiger partial charge in [0.2, 0.25) is 0 Å². The predicted molar refractivity (Wildman–Crippen MR) is 232 cm³/mol. The normalized spacial score (nSPS) is 11.6. The molecule has 0 amide bonds. The molecule has 0 aliphatic heterocycles. The largest absolute Gasteiger partial charge is 0.309 e. The molecule has 0 bridgehead atoms. The molecular formula is C50H31N5S. The number of hydrogen-bond acceptors (Lipinski definition) is 5. The van der Waals surface area contributed by atoms with Crippen molar-refractivity contribution in [2.24, 2.45) is 0 Å². The first-order valence-corrected chi connectivity index (χ1v) is 19.5. The SMILES string of the molecule is c1ccc(-c2nc(-c3ccccc3)nc(-c3ccc(-c4ccc(-n5c6ccccc6c6cc(-c7nc8ccccc8s7)ccc65)cc4)c4ccccc34)n2)cc1. The van der Waals surface area contributed by atoms with Gasteiger partial charge in [-0.3, -0.25) is 0 Å². The average Bonchev–Trinajstić information content (AvgIpc) is 3.86. The third kappa shape index (κ3) is 5.46. The van der Waals surface area contributed by atoms with Crippen molar-refractivity contribution in [1.29, 1.82) is 0 Å². The lowest BCUT2D eigenvalue weighted by atomic mass is 9.94. The van der Waals surface area contributed by atoms with E-state index >= 15 is 0 Å². The van der Waals surface area contributed by atoms with Crippen LogP contribution < -0.4 is 0 Å². The third-order valence-electron chi connectivity index (χ3n) is 10.5. The zero-order valence-corrected chi connectivity index (χ0v) is 30.9. The van der Waals surface area contributed by atoms with E-state index in [1.807, 2.05) is 66.7 Å². The van der Waals surface area contributed by atoms with Crippen molar-refractivity contribution in [3.63, 3.8) is 0 Å². The van der Waals surface area contributed by atoms with Crippen molar-refractivity contribution < 1.29 is 0 Å². The fraction of sp³-hybridized carbons (Fsp3) is 0. The number of benzene rings is 8. The summed E-state index contributed by atoms with van der Waals surface area (Å²) in [4.78, 5) is 20.0. The summed E-state index contributed by atoms with van der Waals surface area (Å²) in [5.74, 6) is 1.95. The molecule has 6 heteroatoms. The van der Waals surface area contributed by atoms with Crippen molar-refractivity contribution in [3.05, 3.63) is 188 Å². The first-order valence-electron chi connectivity index (χ1n) is 18.6. The van der Waals surface area contributed by atoms with E-state index in [-0.39, 0.29) is 0 Å². The summed E-state index contributed by atoms with van der Waals surface area (Å²) < 4.78 is 3.57. The van der Waals surface area contributed by atoms with Crippen LogP contribution in [0.5, 0.6) is 0 Å². The Kier molecular flexibility index (Phi) is 7.60. The van der Waals surface area contributed by atoms with Crippen LogP contribution >= 0.6 is 11.3 Å². The van der Waals surface area contributed by atoms with E-state index in [4.69, 9.17) is 19.9 Å². The van der Waals surface area contributed by atoms with Gasteiger partial charge in [-0.15, -0.1) is 11.3 Å². The van der Waals surface area contributed by atoms with Crippen LogP contribution in [0.2, 0.25) is 0 Å². The third-order valence-corrected chi connectivity index (χ3v) is 11.6. The minimum atomic E-state index is 0.647. The van der Waals surface area contributed by atoms with Gasteiger partial charge in [-0.25, -0.2) is 19.9 Å². The lowest BCUT2D eigenvalue weighted by Gasteiger charge is -2.14. The summed E-state index contributed by atoms with van der Waals surface area (Å²) in [5.41, 5.74) is 10.8. The van der Waals surface area contributed by atoms with Crippen LogP contribution in [0.25, 0.3) is 104 Å². The maximum atomic E-state index is 5.05. The van der Waals surface area contributed by atoms with Crippen molar-refractivity contribution in [1.82, 2.24) is 24.5 Å². The highest BCUT2D eigenvalue weighted by Gasteiger charge is 2.18. The molecule has 3 aromatic heterocycles. The number of nitrogens with zero attached hydrogens (tertiary/aromatic N) is 5. The molecule has 0 atom stereocenters. The van der Waals surface area contributed by atoms with E-state index in [0.29, 0.717) is 17.5 Å². The summed E-state index contributed by atoms with van der Waals surface area (Å²) in [7, 11) is 0. The zero-order chi connectivity index (χ0) is 37.0. The second-order valence-electron chi connectivity index (χ2n) is 13.9. The molecule has 0 aliphatic carbocycles. The minimum Gasteiger partial charge on any atom is -0.309 e. The summed E-state index contributed by atoms with van der Waals surface area (Å²) in [5, 5.41) is 5.70. The molecule has 262 valence electrons. The Bertz CT molecular complexity index is 3150. The minimum absolute atomic E-state index is 0.647. The molecule has 0 fully saturated rings. The molecule has 0 aliphatic rings. The Balaban J connectivity index is 1.00. The highest BCUT2D eigenvalue weighted by Crippen LogP contribution is 2.39. The van der Waals surface area contributed by atoms with Crippen molar-refractivity contribution in [2.45, 2.75) is 0 Å². The molecular weight excluding hydrogens is 703 g/mol. The summed E-state index contributed by atoms with van der Waals surface area (Å²) in [6.45, 7) is 0. The standard InChI is InChI=1S/C50H31N5S/c1-3-13-33(14-4-1)47-52-48(34-15-5-2-6-16-34)54-49(53-47)41-29-28-37(38-17-7-8-18-39(38)41)32-23-26-36(27-24-32)55-44-21-11-9-19-40(44)42-31-35(25-30-45(42)55)50-51-43-20-10-12-22-46(43)56-50/h1-31H. The Hall–Kier alpha value is -7.28. The maximum absolute atomic E-state index is 5.05. The van der Waals surface area contributed by atoms with Crippen LogP contribution in [-0.4, -0.2) is 24.5 Å². The van der Waals surface area contributed by atoms with Crippen LogP contribution in [0.15, 0.2) is 188 Å². The molecule has 3 heterocycles. The molecule has 11 aromatic rings. The summed E-state index contributed by atoms with van der Waals surface area (Å²) in [6, 6.07) is 65.8. The smallest absolute Gasteiger partial charge is 0.164 e. The molecule has 5 nitrogen and oxygen atoms in total. The molecule has 0 radical (unpaired) electrons. The number of thiazole rings is 1. The molecule has 8 aromatic carbocycles. The number of hydrogen-bond donors (Lipinski definition) is 0. The highest BCUT2D eigenvalue weighted by molar-refractivity contribution is 7.21.